The monoisotopic (exact) mass is 392 g/mol. The lowest BCUT2D eigenvalue weighted by molar-refractivity contribution is 0.0521. The lowest BCUT2D eigenvalue weighted by Crippen LogP contribution is -2.13. The first kappa shape index (κ1) is 20.6. The molecule has 2 aromatic heterocycles. The molecule has 0 saturated heterocycles. The number of esters is 1. The van der Waals surface area contributed by atoms with Crippen molar-refractivity contribution < 1.29 is 9.53 Å². The molecule has 0 saturated carbocycles. The van der Waals surface area contributed by atoms with Gasteiger partial charge in [0.2, 0.25) is 0 Å². The number of hydrogen-bond acceptors (Lipinski definition) is 5. The smallest absolute Gasteiger partial charge is 0.359 e. The summed E-state index contributed by atoms with van der Waals surface area (Å²) >= 11 is 0. The number of hydrogen-bond donors (Lipinski definition) is 1. The highest BCUT2D eigenvalue weighted by Crippen LogP contribution is 2.31. The van der Waals surface area contributed by atoms with Gasteiger partial charge in [-0.15, -0.1) is 0 Å². The normalized spacial score (nSPS) is 11.4. The summed E-state index contributed by atoms with van der Waals surface area (Å²) in [5.41, 5.74) is 4.91. The van der Waals surface area contributed by atoms with Gasteiger partial charge in [-0.1, -0.05) is 39.0 Å². The highest BCUT2D eigenvalue weighted by Gasteiger charge is 2.23. The van der Waals surface area contributed by atoms with Gasteiger partial charge < -0.3 is 10.1 Å². The van der Waals surface area contributed by atoms with E-state index in [0.717, 1.165) is 28.3 Å². The Balaban J connectivity index is 2.14. The van der Waals surface area contributed by atoms with E-state index in [1.165, 1.54) is 0 Å². The van der Waals surface area contributed by atoms with Gasteiger partial charge in [0.05, 0.1) is 23.7 Å². The van der Waals surface area contributed by atoms with E-state index in [-0.39, 0.29) is 11.1 Å². The molecule has 0 spiro atoms. The van der Waals surface area contributed by atoms with E-state index >= 15 is 0 Å². The van der Waals surface area contributed by atoms with Crippen LogP contribution in [0.4, 0.5) is 11.5 Å². The quantitative estimate of drug-likeness (QED) is 0.612. The molecule has 0 unspecified atom stereocenters. The van der Waals surface area contributed by atoms with Crippen molar-refractivity contribution in [3.8, 4) is 5.69 Å². The molecule has 0 aliphatic carbocycles. The number of rotatable bonds is 5. The molecule has 0 aliphatic rings. The third-order valence-electron chi connectivity index (χ3n) is 4.67. The number of aryl methyl sites for hydroxylation is 2. The van der Waals surface area contributed by atoms with Crippen LogP contribution in [0.15, 0.2) is 42.6 Å². The Hall–Kier alpha value is -3.15. The number of para-hydroxylation sites is 1. The first-order chi connectivity index (χ1) is 13.7. The summed E-state index contributed by atoms with van der Waals surface area (Å²) in [6.07, 6.45) is 1.58. The maximum absolute atomic E-state index is 12.3. The number of anilines is 2. The minimum Gasteiger partial charge on any atom is -0.461 e. The number of nitrogens with zero attached hydrogens (tertiary/aromatic N) is 3. The van der Waals surface area contributed by atoms with E-state index in [1.807, 2.05) is 22.9 Å². The second kappa shape index (κ2) is 8.07. The molecule has 0 aliphatic heterocycles. The Morgan fingerprint density at radius 2 is 1.83 bits per heavy atom. The van der Waals surface area contributed by atoms with Gasteiger partial charge in [-0.3, -0.25) is 0 Å². The fourth-order valence-corrected chi connectivity index (χ4v) is 3.15. The Kier molecular flexibility index (Phi) is 5.73. The van der Waals surface area contributed by atoms with Crippen LogP contribution in [0.2, 0.25) is 0 Å². The Bertz CT molecular complexity index is 1010. The van der Waals surface area contributed by atoms with Gasteiger partial charge in [0.25, 0.3) is 0 Å². The molecule has 1 aromatic carbocycles. The van der Waals surface area contributed by atoms with E-state index in [9.17, 15) is 4.79 Å². The summed E-state index contributed by atoms with van der Waals surface area (Å²) in [5.74, 6) is 0.315. The molecule has 29 heavy (non-hydrogen) atoms. The topological polar surface area (TPSA) is 69.0 Å². The lowest BCUT2D eigenvalue weighted by Gasteiger charge is -2.16. The van der Waals surface area contributed by atoms with Crippen molar-refractivity contribution in [3.63, 3.8) is 0 Å². The van der Waals surface area contributed by atoms with Crippen molar-refractivity contribution in [1.82, 2.24) is 14.8 Å². The van der Waals surface area contributed by atoms with Gasteiger partial charge >= 0.3 is 5.97 Å². The summed E-state index contributed by atoms with van der Waals surface area (Å²) in [5, 5.41) is 8.26. The maximum atomic E-state index is 12.3. The van der Waals surface area contributed by atoms with Crippen LogP contribution in [0, 0.1) is 13.8 Å². The summed E-state index contributed by atoms with van der Waals surface area (Å²) in [6, 6.07) is 11.8. The predicted octanol–water partition coefficient (Wildman–Crippen LogP) is 5.10. The molecular weight excluding hydrogens is 364 g/mol. The Labute approximate surface area is 171 Å². The summed E-state index contributed by atoms with van der Waals surface area (Å²) in [4.78, 5) is 16.6. The molecule has 0 amide bonds. The molecule has 2 heterocycles. The Morgan fingerprint density at radius 3 is 2.45 bits per heavy atom. The number of aromatic nitrogens is 3. The van der Waals surface area contributed by atoms with E-state index in [4.69, 9.17) is 9.84 Å². The van der Waals surface area contributed by atoms with Crippen LogP contribution in [0.5, 0.6) is 0 Å². The minimum absolute atomic E-state index is 0.128. The molecule has 0 radical (unpaired) electrons. The van der Waals surface area contributed by atoms with E-state index in [0.29, 0.717) is 12.3 Å². The standard InChI is InChI=1S/C23H28N4O2/c1-7-29-22(28)20-17(12-9-13-24-20)25-19-14-18(23(4,5)6)26-27(19)21-15(2)10-8-11-16(21)3/h8-14,25H,7H2,1-6H3. The van der Waals surface area contributed by atoms with E-state index in [1.54, 1.807) is 19.2 Å². The van der Waals surface area contributed by atoms with Gasteiger partial charge in [-0.25, -0.2) is 14.5 Å². The van der Waals surface area contributed by atoms with Crippen molar-refractivity contribution in [1.29, 1.82) is 0 Å². The van der Waals surface area contributed by atoms with Crippen molar-refractivity contribution in [2.24, 2.45) is 0 Å². The molecule has 3 rings (SSSR count). The fourth-order valence-electron chi connectivity index (χ4n) is 3.15. The molecule has 6 nitrogen and oxygen atoms in total. The molecule has 6 heteroatoms. The zero-order valence-electron chi connectivity index (χ0n) is 17.9. The van der Waals surface area contributed by atoms with Crippen LogP contribution >= 0.6 is 0 Å². The van der Waals surface area contributed by atoms with Gasteiger partial charge in [-0.05, 0) is 44.0 Å². The van der Waals surface area contributed by atoms with Crippen molar-refractivity contribution in [2.75, 3.05) is 11.9 Å². The zero-order chi connectivity index (χ0) is 21.2. The van der Waals surface area contributed by atoms with E-state index in [2.05, 4.69) is 57.1 Å². The SMILES string of the molecule is CCOC(=O)c1ncccc1Nc1cc(C(C)(C)C)nn1-c1c(C)cccc1C. The van der Waals surface area contributed by atoms with Crippen LogP contribution in [0.25, 0.3) is 5.69 Å². The first-order valence-electron chi connectivity index (χ1n) is 9.78. The van der Waals surface area contributed by atoms with Crippen LogP contribution < -0.4 is 5.32 Å². The van der Waals surface area contributed by atoms with Gasteiger partial charge in [0.15, 0.2) is 5.69 Å². The third-order valence-corrected chi connectivity index (χ3v) is 4.67. The number of benzene rings is 1. The molecule has 0 bridgehead atoms. The lowest BCUT2D eigenvalue weighted by atomic mass is 9.92. The van der Waals surface area contributed by atoms with Gasteiger partial charge in [-0.2, -0.15) is 5.10 Å². The average Bonchev–Trinajstić information content (AvgIpc) is 3.06. The molecular formula is C23H28N4O2. The van der Waals surface area contributed by atoms with Crippen LogP contribution in [0.1, 0.15) is 55.0 Å². The molecule has 3 aromatic rings. The molecule has 0 atom stereocenters. The minimum atomic E-state index is -0.454. The maximum Gasteiger partial charge on any atom is 0.359 e. The predicted molar refractivity (Wildman–Crippen MR) is 115 cm³/mol. The second-order valence-corrected chi connectivity index (χ2v) is 8.06. The zero-order valence-corrected chi connectivity index (χ0v) is 17.9. The number of pyridine rings is 1. The summed E-state index contributed by atoms with van der Waals surface area (Å²) < 4.78 is 7.06. The molecule has 0 fully saturated rings. The summed E-state index contributed by atoms with van der Waals surface area (Å²) in [7, 11) is 0. The Morgan fingerprint density at radius 1 is 1.14 bits per heavy atom. The van der Waals surface area contributed by atoms with Crippen molar-refractivity contribution in [3.05, 3.63) is 65.1 Å². The highest BCUT2D eigenvalue weighted by molar-refractivity contribution is 5.94. The number of nitrogens with one attached hydrogen (secondary N) is 1. The number of carbonyl (C=O) groups excluding carboxylic acids is 1. The highest BCUT2D eigenvalue weighted by atomic mass is 16.5. The number of carbonyl (C=O) groups is 1. The van der Waals surface area contributed by atoms with Crippen LogP contribution in [-0.2, 0) is 10.2 Å². The third kappa shape index (κ3) is 4.31. The first-order valence-corrected chi connectivity index (χ1v) is 9.78. The van der Waals surface area contributed by atoms with E-state index < -0.39 is 5.97 Å². The largest absolute Gasteiger partial charge is 0.461 e. The van der Waals surface area contributed by atoms with Crippen LogP contribution in [0.3, 0.4) is 0 Å². The van der Waals surface area contributed by atoms with Crippen molar-refractivity contribution in [2.45, 2.75) is 47.0 Å². The van der Waals surface area contributed by atoms with Crippen molar-refractivity contribution >= 4 is 17.5 Å². The number of ether oxygens (including phenoxy) is 1. The van der Waals surface area contributed by atoms with Crippen LogP contribution in [-0.4, -0.2) is 27.3 Å². The average molecular weight is 393 g/mol. The summed E-state index contributed by atoms with van der Waals surface area (Å²) in [6.45, 7) is 12.6. The molecule has 1 N–H and O–H groups in total. The van der Waals surface area contributed by atoms with Gasteiger partial charge in [0.1, 0.15) is 5.82 Å². The van der Waals surface area contributed by atoms with Gasteiger partial charge in [0, 0.05) is 17.7 Å². The molecule has 152 valence electrons. The second-order valence-electron chi connectivity index (χ2n) is 8.06. The fraction of sp³-hybridized carbons (Fsp3) is 0.348.